The van der Waals surface area contributed by atoms with Crippen molar-refractivity contribution >= 4 is 53.9 Å². The molecule has 3 aromatic rings. The molecule has 6 heterocycles. The molecular weight excluding hydrogens is 928 g/mol. The van der Waals surface area contributed by atoms with Gasteiger partial charge in [0.1, 0.15) is 23.9 Å². The minimum atomic E-state index is -3.83. The molecule has 69 heavy (non-hydrogen) atoms. The third-order valence-electron chi connectivity index (χ3n) is 16.7. The molecule has 376 valence electrons. The van der Waals surface area contributed by atoms with Gasteiger partial charge in [0.25, 0.3) is 5.91 Å². The first kappa shape index (κ1) is 49.8. The number of ether oxygens (including phenoxy) is 3. The summed E-state index contributed by atoms with van der Waals surface area (Å²) in [6, 6.07) is 10.5. The van der Waals surface area contributed by atoms with E-state index in [0.717, 1.165) is 29.1 Å². The van der Waals surface area contributed by atoms with Crippen LogP contribution in [0.3, 0.4) is 0 Å². The number of carbonyl (C=O) groups excluding carboxylic acids is 3. The quantitative estimate of drug-likeness (QED) is 0.0499. The standard InChI is InChI=1S/C49H67N6O12PS/c1-6-45(60)25-30-26-48(43(58)65-4,38-32(13-18-53(27-30)28-45)31-11-8-9-12-35(31)52-38)34-23-33-36(24-37(34)64-3)55(29-69-22-20-67-44(59)51-16-21-68(62,63)66-5)40-47(33)15-19-54-17-10-14-46(7-2,39(47)54)41(56)49(40,61)42(50)57/h8-12,14,23-24,30,39-41,52,56,60-61H,6-7,13,15-22,25-29H2,1-5H3,(H2,50,57)(H,51,59)(H,62,63)/t30-,39-,40+,41+,45-,46+,47+,48-,49-/m0/s1. The molecule has 9 rings (SSSR count). The Kier molecular flexibility index (Phi) is 13.3. The van der Waals surface area contributed by atoms with Gasteiger partial charge in [-0.25, -0.2) is 4.79 Å². The first-order chi connectivity index (χ1) is 32.9. The molecular formula is C49H67N6O12PS. The van der Waals surface area contributed by atoms with Crippen LogP contribution in [0.2, 0.25) is 0 Å². The largest absolute Gasteiger partial charge is 0.496 e. The molecule has 2 amide bonds. The number of aromatic amines is 1. The molecule has 5 aliphatic heterocycles. The molecule has 2 aromatic carbocycles. The molecule has 0 radical (unpaired) electrons. The number of benzene rings is 2. The molecule has 6 aliphatic rings. The average molecular weight is 995 g/mol. The first-order valence-corrected chi connectivity index (χ1v) is 27.0. The van der Waals surface area contributed by atoms with E-state index in [4.69, 9.17) is 19.9 Å². The van der Waals surface area contributed by atoms with Crippen molar-refractivity contribution < 1.29 is 57.9 Å². The number of para-hydroxylation sites is 1. The normalized spacial score (nSPS) is 34.3. The van der Waals surface area contributed by atoms with Crippen LogP contribution in [-0.4, -0.2) is 167 Å². The Hall–Kier alpha value is -4.17. The number of hydrogen-bond acceptors (Lipinski definition) is 15. The number of H-pyrrole nitrogens is 1. The summed E-state index contributed by atoms with van der Waals surface area (Å²) >= 11 is 1.38. The number of piperidine rings is 1. The topological polar surface area (TPSA) is 250 Å². The summed E-state index contributed by atoms with van der Waals surface area (Å²) in [5.74, 6) is -0.919. The summed E-state index contributed by atoms with van der Waals surface area (Å²) in [6.07, 6.45) is 4.01. The summed E-state index contributed by atoms with van der Waals surface area (Å²) in [7, 11) is 0.249. The Morgan fingerprint density at radius 1 is 1.04 bits per heavy atom. The number of nitrogens with zero attached hydrogens (tertiary/aromatic N) is 3. The third-order valence-corrected chi connectivity index (χ3v) is 19.0. The van der Waals surface area contributed by atoms with Crippen LogP contribution in [0.25, 0.3) is 10.9 Å². The second-order valence-corrected chi connectivity index (χ2v) is 23.2. The Morgan fingerprint density at radius 3 is 2.54 bits per heavy atom. The smallest absolute Gasteiger partial charge is 0.407 e. The second kappa shape index (κ2) is 18.5. The molecule has 2 unspecified atom stereocenters. The van der Waals surface area contributed by atoms with Gasteiger partial charge in [-0.2, -0.15) is 0 Å². The van der Waals surface area contributed by atoms with Gasteiger partial charge in [-0.1, -0.05) is 44.2 Å². The van der Waals surface area contributed by atoms with Gasteiger partial charge in [0.2, 0.25) is 0 Å². The molecule has 3 fully saturated rings. The van der Waals surface area contributed by atoms with Gasteiger partial charge in [0.05, 0.1) is 37.9 Å². The van der Waals surface area contributed by atoms with Crippen LogP contribution >= 0.6 is 19.4 Å². The highest BCUT2D eigenvalue weighted by Crippen LogP contribution is 2.68. The summed E-state index contributed by atoms with van der Waals surface area (Å²) in [5.41, 5.74) is 3.72. The van der Waals surface area contributed by atoms with Crippen LogP contribution in [0.1, 0.15) is 68.3 Å². The second-order valence-electron chi connectivity index (χ2n) is 20.0. The van der Waals surface area contributed by atoms with Gasteiger partial charge in [0.15, 0.2) is 5.60 Å². The van der Waals surface area contributed by atoms with Crippen LogP contribution in [-0.2, 0) is 45.4 Å². The van der Waals surface area contributed by atoms with E-state index in [1.807, 2.05) is 61.2 Å². The van der Waals surface area contributed by atoms with Crippen molar-refractivity contribution in [3.63, 3.8) is 0 Å². The lowest BCUT2D eigenvalue weighted by atomic mass is 9.47. The highest BCUT2D eigenvalue weighted by molar-refractivity contribution is 7.99. The predicted molar refractivity (Wildman–Crippen MR) is 261 cm³/mol. The van der Waals surface area contributed by atoms with Crippen molar-refractivity contribution in [2.45, 2.75) is 92.6 Å². The van der Waals surface area contributed by atoms with E-state index < -0.39 is 71.2 Å². The Bertz CT molecular complexity index is 2580. The first-order valence-electron chi connectivity index (χ1n) is 24.0. The van der Waals surface area contributed by atoms with Gasteiger partial charge in [0, 0.05) is 96.4 Å². The maximum Gasteiger partial charge on any atom is 0.407 e. The lowest BCUT2D eigenvalue weighted by molar-refractivity contribution is -0.201. The minimum absolute atomic E-state index is 0.0422. The number of hydrogen-bond donors (Lipinski definition) is 7. The van der Waals surface area contributed by atoms with Gasteiger partial charge >= 0.3 is 19.7 Å². The van der Waals surface area contributed by atoms with Gasteiger partial charge < -0.3 is 59.9 Å². The number of aromatic nitrogens is 1. The molecule has 2 bridgehead atoms. The molecule has 1 aliphatic carbocycles. The van der Waals surface area contributed by atoms with Crippen LogP contribution in [0, 0.1) is 11.3 Å². The van der Waals surface area contributed by atoms with Gasteiger partial charge in [-0.3, -0.25) is 24.0 Å². The minimum Gasteiger partial charge on any atom is -0.496 e. The number of rotatable bonds is 15. The van der Waals surface area contributed by atoms with E-state index >= 15 is 4.79 Å². The highest BCUT2D eigenvalue weighted by atomic mass is 32.2. The molecule has 18 nitrogen and oxygen atoms in total. The van der Waals surface area contributed by atoms with Gasteiger partial charge in [-0.05, 0) is 74.2 Å². The number of primary amides is 1. The number of thioether (sulfide) groups is 1. The number of anilines is 1. The van der Waals surface area contributed by atoms with Crippen molar-refractivity contribution in [1.29, 1.82) is 0 Å². The Balaban J connectivity index is 1.22. The Morgan fingerprint density at radius 2 is 1.83 bits per heavy atom. The molecule has 1 spiro atoms. The van der Waals surface area contributed by atoms with Crippen molar-refractivity contribution in [2.24, 2.45) is 17.1 Å². The zero-order valence-electron chi connectivity index (χ0n) is 40.1. The van der Waals surface area contributed by atoms with Gasteiger partial charge in [-0.15, -0.1) is 11.8 Å². The van der Waals surface area contributed by atoms with E-state index in [0.29, 0.717) is 87.5 Å². The van der Waals surface area contributed by atoms with Crippen molar-refractivity contribution in [3.05, 3.63) is 70.9 Å². The lowest BCUT2D eigenvalue weighted by Crippen LogP contribution is -2.81. The summed E-state index contributed by atoms with van der Waals surface area (Å²) in [5, 5.41) is 41.4. The monoisotopic (exact) mass is 994 g/mol. The number of amides is 2. The van der Waals surface area contributed by atoms with Crippen LogP contribution in [0.4, 0.5) is 10.5 Å². The van der Waals surface area contributed by atoms with Crippen molar-refractivity contribution in [1.82, 2.24) is 20.1 Å². The highest BCUT2D eigenvalue weighted by Gasteiger charge is 2.79. The average Bonchev–Trinajstić information content (AvgIpc) is 4.01. The van der Waals surface area contributed by atoms with E-state index in [-0.39, 0.29) is 43.3 Å². The number of fused-ring (bicyclic) bond motifs is 6. The molecule has 2 saturated heterocycles. The maximum atomic E-state index is 15.5. The number of nitrogens with one attached hydrogen (secondary N) is 2. The molecule has 1 saturated carbocycles. The number of aliphatic hydroxyl groups is 3. The number of carbonyl (C=O) groups is 3. The van der Waals surface area contributed by atoms with E-state index in [9.17, 15) is 34.4 Å². The molecule has 8 N–H and O–H groups in total. The van der Waals surface area contributed by atoms with E-state index in [1.54, 1.807) is 7.11 Å². The summed E-state index contributed by atoms with van der Waals surface area (Å²) in [4.78, 5) is 62.2. The fourth-order valence-corrected chi connectivity index (χ4v) is 15.2. The van der Waals surface area contributed by atoms with E-state index in [1.165, 1.54) is 18.9 Å². The zero-order chi connectivity index (χ0) is 49.3. The number of methoxy groups -OCH3 is 2. The number of esters is 1. The lowest BCUT2D eigenvalue weighted by Gasteiger charge is -2.63. The molecule has 11 atom stereocenters. The molecule has 1 aromatic heterocycles. The summed E-state index contributed by atoms with van der Waals surface area (Å²) in [6.45, 7) is 6.78. The van der Waals surface area contributed by atoms with Crippen molar-refractivity contribution in [2.75, 3.05) is 89.9 Å². The van der Waals surface area contributed by atoms with Crippen molar-refractivity contribution in [3.8, 4) is 5.75 Å². The summed E-state index contributed by atoms with van der Waals surface area (Å²) < 4.78 is 34.2. The maximum absolute atomic E-state index is 15.5. The fourth-order valence-electron chi connectivity index (χ4n) is 13.8. The zero-order valence-corrected chi connectivity index (χ0v) is 41.8. The SMILES string of the molecule is CC[C@]1(O)C[C@@H]2CN(CCc3c([nH]c4ccccc34)[C@@](C(=O)OC)(c3cc4c(cc3OC)N(CSCCOC(=O)NCCP(=O)(O)OC)[C@H]3[C@@](O)(C(N)=O)[C@H](O)[C@]5(CC)C=CCN6CC[C@]43[C@@H]65)C2)C1. The molecule has 20 heteroatoms. The third kappa shape index (κ3) is 7.72. The predicted octanol–water partition coefficient (Wildman–Crippen LogP) is 3.35. The van der Waals surface area contributed by atoms with Crippen LogP contribution in [0.5, 0.6) is 5.75 Å². The number of alkyl carbamates (subject to hydrolysis) is 1. The Labute approximate surface area is 406 Å². The number of aliphatic hydroxyl groups excluding tert-OH is 1. The number of nitrogens with two attached hydrogens (primary N) is 1. The van der Waals surface area contributed by atoms with Crippen LogP contribution in [0.15, 0.2) is 48.6 Å². The fraction of sp³-hybridized carbons (Fsp3) is 0.612. The van der Waals surface area contributed by atoms with E-state index in [2.05, 4.69) is 30.7 Å². The van der Waals surface area contributed by atoms with Crippen LogP contribution < -0.4 is 20.7 Å².